The summed E-state index contributed by atoms with van der Waals surface area (Å²) in [5.41, 5.74) is 2.99. The number of nitrogens with zero attached hydrogens (tertiary/aromatic N) is 3. The molecule has 1 fully saturated rings. The first-order valence-corrected chi connectivity index (χ1v) is 13.6. The predicted octanol–water partition coefficient (Wildman–Crippen LogP) is 4.15. The average Bonchev–Trinajstić information content (AvgIpc) is 3.24. The van der Waals surface area contributed by atoms with E-state index in [1.165, 1.54) is 16.5 Å². The van der Waals surface area contributed by atoms with Gasteiger partial charge in [-0.15, -0.1) is 11.3 Å². The lowest BCUT2D eigenvalue weighted by atomic mass is 9.93. The van der Waals surface area contributed by atoms with Crippen molar-refractivity contribution in [3.63, 3.8) is 0 Å². The minimum absolute atomic E-state index is 0.0598. The van der Waals surface area contributed by atoms with Crippen LogP contribution in [0.4, 0.5) is 4.39 Å². The molecule has 8 heteroatoms. The predicted molar refractivity (Wildman–Crippen MR) is 142 cm³/mol. The van der Waals surface area contributed by atoms with Gasteiger partial charge in [-0.3, -0.25) is 14.5 Å². The Kier molecular flexibility index (Phi) is 7.86. The average molecular weight is 522 g/mol. The molecule has 5 rings (SSSR count). The number of fused-ring (bicyclic) bond motifs is 1. The Bertz CT molecular complexity index is 1250. The molecule has 37 heavy (non-hydrogen) atoms. The Morgan fingerprint density at radius 1 is 0.973 bits per heavy atom. The number of methoxy groups -OCH3 is 1. The van der Waals surface area contributed by atoms with Crippen molar-refractivity contribution < 1.29 is 18.7 Å². The minimum atomic E-state index is -0.266. The maximum absolute atomic E-state index is 14.1. The third kappa shape index (κ3) is 5.86. The summed E-state index contributed by atoms with van der Waals surface area (Å²) in [6.07, 6.45) is 1.98. The van der Waals surface area contributed by atoms with Crippen LogP contribution in [0.3, 0.4) is 0 Å². The molecule has 6 nitrogen and oxygen atoms in total. The van der Waals surface area contributed by atoms with Gasteiger partial charge in [0.15, 0.2) is 0 Å². The molecule has 194 valence electrons. The molecular formula is C29H32FN3O3S. The van der Waals surface area contributed by atoms with Crippen LogP contribution in [0.5, 0.6) is 5.75 Å². The second-order valence-corrected chi connectivity index (χ2v) is 10.6. The highest BCUT2D eigenvalue weighted by molar-refractivity contribution is 7.10. The molecule has 1 saturated heterocycles. The number of ether oxygens (including phenoxy) is 1. The van der Waals surface area contributed by atoms with Crippen LogP contribution in [0, 0.1) is 5.82 Å². The van der Waals surface area contributed by atoms with Gasteiger partial charge in [0, 0.05) is 37.6 Å². The molecule has 3 aromatic rings. The van der Waals surface area contributed by atoms with Gasteiger partial charge < -0.3 is 14.5 Å². The van der Waals surface area contributed by atoms with Crippen LogP contribution >= 0.6 is 11.3 Å². The van der Waals surface area contributed by atoms with Crippen LogP contribution in [0.15, 0.2) is 60.0 Å². The lowest BCUT2D eigenvalue weighted by molar-refractivity contribution is -0.134. The molecule has 0 aliphatic carbocycles. The molecular weight excluding hydrogens is 489 g/mol. The Balaban J connectivity index is 1.22. The molecule has 2 aliphatic rings. The summed E-state index contributed by atoms with van der Waals surface area (Å²) in [5, 5.41) is 2.08. The highest BCUT2D eigenvalue weighted by Gasteiger charge is 2.32. The van der Waals surface area contributed by atoms with Crippen LogP contribution in [-0.4, -0.2) is 72.9 Å². The lowest BCUT2D eigenvalue weighted by Gasteiger charge is -2.37. The number of amides is 2. The van der Waals surface area contributed by atoms with E-state index in [2.05, 4.69) is 16.3 Å². The van der Waals surface area contributed by atoms with Gasteiger partial charge in [-0.25, -0.2) is 4.39 Å². The fourth-order valence-electron chi connectivity index (χ4n) is 5.33. The fraction of sp³-hybridized carbons (Fsp3) is 0.379. The maximum atomic E-state index is 14.1. The van der Waals surface area contributed by atoms with Gasteiger partial charge in [0.2, 0.25) is 11.8 Å². The number of halogens is 1. The van der Waals surface area contributed by atoms with Crippen LogP contribution in [0.25, 0.3) is 0 Å². The van der Waals surface area contributed by atoms with Crippen LogP contribution < -0.4 is 4.74 Å². The third-order valence-electron chi connectivity index (χ3n) is 7.28. The number of hydrogen-bond donors (Lipinski definition) is 0. The Morgan fingerprint density at radius 3 is 2.46 bits per heavy atom. The summed E-state index contributed by atoms with van der Waals surface area (Å²) in [6.45, 7) is 3.36. The molecule has 0 radical (unpaired) electrons. The molecule has 1 aromatic heterocycles. The van der Waals surface area contributed by atoms with Crippen molar-refractivity contribution in [1.29, 1.82) is 0 Å². The first-order chi connectivity index (χ1) is 18.0. The van der Waals surface area contributed by atoms with Crippen molar-refractivity contribution in [2.24, 2.45) is 0 Å². The smallest absolute Gasteiger partial charge is 0.236 e. The minimum Gasteiger partial charge on any atom is -0.497 e. The Morgan fingerprint density at radius 2 is 1.73 bits per heavy atom. The fourth-order valence-corrected chi connectivity index (χ4v) is 6.23. The van der Waals surface area contributed by atoms with Gasteiger partial charge in [-0.05, 0) is 65.2 Å². The van der Waals surface area contributed by atoms with E-state index >= 15 is 0 Å². The first-order valence-electron chi connectivity index (χ1n) is 12.8. The largest absolute Gasteiger partial charge is 0.497 e. The van der Waals surface area contributed by atoms with Crippen molar-refractivity contribution in [1.82, 2.24) is 14.7 Å². The molecule has 2 aromatic carbocycles. The quantitative estimate of drug-likeness (QED) is 0.489. The summed E-state index contributed by atoms with van der Waals surface area (Å²) in [7, 11) is 1.62. The van der Waals surface area contributed by atoms with E-state index in [4.69, 9.17) is 4.74 Å². The number of carbonyl (C=O) groups excluding carboxylic acids is 2. The molecule has 2 aliphatic heterocycles. The van der Waals surface area contributed by atoms with Crippen molar-refractivity contribution in [2.45, 2.75) is 25.3 Å². The summed E-state index contributed by atoms with van der Waals surface area (Å²) in [5.74, 6) is 0.637. The highest BCUT2D eigenvalue weighted by Crippen LogP contribution is 2.37. The van der Waals surface area contributed by atoms with Gasteiger partial charge in [0.05, 0.1) is 26.1 Å². The van der Waals surface area contributed by atoms with Gasteiger partial charge >= 0.3 is 0 Å². The summed E-state index contributed by atoms with van der Waals surface area (Å²) in [4.78, 5) is 33.6. The van der Waals surface area contributed by atoms with E-state index in [9.17, 15) is 14.0 Å². The molecule has 3 heterocycles. The van der Waals surface area contributed by atoms with E-state index in [0.717, 1.165) is 36.3 Å². The second kappa shape index (κ2) is 11.4. The van der Waals surface area contributed by atoms with E-state index in [-0.39, 0.29) is 30.2 Å². The standard InChI is InChI=1S/C29H32FN3O3S/c1-36-24-8-6-21(7-9-24)18-27(34)31-12-3-13-32(16-15-31)28(35)20-33-14-10-26-25(11-17-37-26)29(33)22-4-2-5-23(30)19-22/h2,4-9,11,17,19,29H,3,10,12-16,18,20H2,1H3/t29-/m0/s1. The molecule has 1 atom stereocenters. The number of thiophene rings is 1. The highest BCUT2D eigenvalue weighted by atomic mass is 32.1. The second-order valence-electron chi connectivity index (χ2n) is 9.62. The monoisotopic (exact) mass is 521 g/mol. The number of benzene rings is 2. The van der Waals surface area contributed by atoms with Crippen LogP contribution in [-0.2, 0) is 22.4 Å². The molecule has 0 N–H and O–H groups in total. The van der Waals surface area contributed by atoms with Gasteiger partial charge in [-0.1, -0.05) is 24.3 Å². The number of carbonyl (C=O) groups is 2. The van der Waals surface area contributed by atoms with E-state index in [1.807, 2.05) is 40.1 Å². The molecule has 2 amide bonds. The summed E-state index contributed by atoms with van der Waals surface area (Å²) in [6, 6.07) is 16.2. The van der Waals surface area contributed by atoms with Crippen molar-refractivity contribution in [2.75, 3.05) is 46.4 Å². The molecule has 0 spiro atoms. The van der Waals surface area contributed by atoms with E-state index < -0.39 is 0 Å². The summed E-state index contributed by atoms with van der Waals surface area (Å²) >= 11 is 1.73. The first kappa shape index (κ1) is 25.4. The molecule has 0 saturated carbocycles. The van der Waals surface area contributed by atoms with Crippen molar-refractivity contribution in [3.05, 3.63) is 87.4 Å². The molecule has 0 unspecified atom stereocenters. The van der Waals surface area contributed by atoms with E-state index in [1.54, 1.807) is 30.6 Å². The SMILES string of the molecule is COc1ccc(CC(=O)N2CCCN(C(=O)CN3CCc4sccc4[C@@H]3c3cccc(F)c3)CC2)cc1. The maximum Gasteiger partial charge on any atom is 0.236 e. The number of rotatable bonds is 6. The van der Waals surface area contributed by atoms with Crippen LogP contribution in [0.1, 0.15) is 34.0 Å². The Labute approximate surface area is 221 Å². The topological polar surface area (TPSA) is 53.1 Å². The normalized spacial score (nSPS) is 18.3. The van der Waals surface area contributed by atoms with Gasteiger partial charge in [0.25, 0.3) is 0 Å². The Hall–Kier alpha value is -3.23. The molecule has 0 bridgehead atoms. The van der Waals surface area contributed by atoms with Gasteiger partial charge in [0.1, 0.15) is 11.6 Å². The zero-order valence-electron chi connectivity index (χ0n) is 21.1. The third-order valence-corrected chi connectivity index (χ3v) is 8.28. The summed E-state index contributed by atoms with van der Waals surface area (Å²) < 4.78 is 19.3. The van der Waals surface area contributed by atoms with E-state index in [0.29, 0.717) is 32.6 Å². The van der Waals surface area contributed by atoms with Crippen molar-refractivity contribution in [3.8, 4) is 5.75 Å². The zero-order chi connectivity index (χ0) is 25.8. The van der Waals surface area contributed by atoms with Gasteiger partial charge in [-0.2, -0.15) is 0 Å². The lowest BCUT2D eigenvalue weighted by Crippen LogP contribution is -2.45. The zero-order valence-corrected chi connectivity index (χ0v) is 21.9. The van der Waals surface area contributed by atoms with Crippen molar-refractivity contribution >= 4 is 23.2 Å². The number of hydrogen-bond acceptors (Lipinski definition) is 5. The van der Waals surface area contributed by atoms with Crippen LogP contribution in [0.2, 0.25) is 0 Å².